The van der Waals surface area contributed by atoms with Gasteiger partial charge in [-0.15, -0.1) is 0 Å². The Kier molecular flexibility index (Phi) is 10.4. The molecule has 3 rings (SSSR count). The van der Waals surface area contributed by atoms with Crippen LogP contribution in [0.4, 0.5) is 0 Å². The number of nitrogens with zero attached hydrogens (tertiary/aromatic N) is 2. The molecule has 7 nitrogen and oxygen atoms in total. The molecule has 0 aliphatic carbocycles. The van der Waals surface area contributed by atoms with Gasteiger partial charge in [0.2, 0.25) is 0 Å². The molecule has 0 fully saturated rings. The van der Waals surface area contributed by atoms with E-state index in [9.17, 15) is 14.7 Å². The largest absolute Gasteiger partial charge is 0.492 e. The molecule has 9 heteroatoms. The topological polar surface area (TPSA) is 91.8 Å². The van der Waals surface area contributed by atoms with E-state index >= 15 is 0 Å². The van der Waals surface area contributed by atoms with Gasteiger partial charge in [0.15, 0.2) is 0 Å². The van der Waals surface area contributed by atoms with E-state index in [-0.39, 0.29) is 12.1 Å². The fraction of sp³-hybridized carbons (Fsp3) is 0.367. The van der Waals surface area contributed by atoms with Crippen molar-refractivity contribution in [1.29, 1.82) is 0 Å². The Morgan fingerprint density at radius 3 is 2.38 bits per heavy atom. The number of aliphatic carboxylic acids is 1. The molecule has 0 radical (unpaired) electrons. The van der Waals surface area contributed by atoms with Gasteiger partial charge in [-0.05, 0) is 56.3 Å². The Labute approximate surface area is 240 Å². The number of carbonyl (C=O) groups excluding carboxylic acids is 1. The average molecular weight is 573 g/mol. The number of benzene rings is 2. The van der Waals surface area contributed by atoms with E-state index < -0.39 is 23.3 Å². The second-order valence-electron chi connectivity index (χ2n) is 10.7. The van der Waals surface area contributed by atoms with Gasteiger partial charge in [0, 0.05) is 34.3 Å². The number of carboxylic acid groups (broad SMARTS) is 1. The summed E-state index contributed by atoms with van der Waals surface area (Å²) in [6.45, 7) is 7.02. The number of pyridine rings is 1. The van der Waals surface area contributed by atoms with Crippen LogP contribution in [-0.2, 0) is 4.79 Å². The Hall–Kier alpha value is -3.13. The molecule has 208 valence electrons. The van der Waals surface area contributed by atoms with Crippen LogP contribution < -0.4 is 10.1 Å². The maximum Gasteiger partial charge on any atom is 0.305 e. The molecule has 0 aliphatic rings. The standard InChI is InChI=1S/C30H35Cl2N3O4/c1-30(2,3)26(18-27(36)37)34-29(38)24-14-12-21(20-9-6-7-10-22(20)31)28(33-24)19-11-13-23(32)25(17-19)39-16-8-15-35(4)5/h6-7,9-14,17,26H,8,15-16,18H2,1-5H3,(H,34,38)(H,36,37)/t26-/m0/s1. The van der Waals surface area contributed by atoms with Gasteiger partial charge in [-0.3, -0.25) is 9.59 Å². The van der Waals surface area contributed by atoms with Crippen LogP contribution in [0.15, 0.2) is 54.6 Å². The van der Waals surface area contributed by atoms with Crippen LogP contribution in [0.5, 0.6) is 5.75 Å². The number of ether oxygens (including phenoxy) is 1. The quantitative estimate of drug-likeness (QED) is 0.249. The Bertz CT molecular complexity index is 1320. The molecular weight excluding hydrogens is 537 g/mol. The van der Waals surface area contributed by atoms with Crippen LogP contribution in [0.2, 0.25) is 10.0 Å². The predicted octanol–water partition coefficient (Wildman–Crippen LogP) is 6.67. The number of carbonyl (C=O) groups is 2. The van der Waals surface area contributed by atoms with Gasteiger partial charge >= 0.3 is 5.97 Å². The van der Waals surface area contributed by atoms with Crippen LogP contribution in [-0.4, -0.2) is 60.2 Å². The molecule has 2 N–H and O–H groups in total. The molecule has 0 spiro atoms. The third-order valence-electron chi connectivity index (χ3n) is 6.23. The number of halogens is 2. The summed E-state index contributed by atoms with van der Waals surface area (Å²) in [5.41, 5.74) is 2.40. The van der Waals surface area contributed by atoms with Crippen molar-refractivity contribution in [2.45, 2.75) is 39.7 Å². The molecule has 0 saturated carbocycles. The zero-order chi connectivity index (χ0) is 28.7. The number of rotatable bonds is 11. The van der Waals surface area contributed by atoms with Crippen molar-refractivity contribution in [3.05, 3.63) is 70.3 Å². The van der Waals surface area contributed by atoms with Gasteiger partial charge in [0.1, 0.15) is 11.4 Å². The number of amides is 1. The molecule has 1 aromatic heterocycles. The zero-order valence-corrected chi connectivity index (χ0v) is 24.4. The highest BCUT2D eigenvalue weighted by molar-refractivity contribution is 6.33. The summed E-state index contributed by atoms with van der Waals surface area (Å²) < 4.78 is 5.98. The molecule has 3 aromatic rings. The fourth-order valence-electron chi connectivity index (χ4n) is 4.01. The Morgan fingerprint density at radius 2 is 1.74 bits per heavy atom. The van der Waals surface area contributed by atoms with E-state index in [2.05, 4.69) is 10.2 Å². The lowest BCUT2D eigenvalue weighted by molar-refractivity contribution is -0.138. The van der Waals surface area contributed by atoms with Gasteiger partial charge in [-0.2, -0.15) is 0 Å². The average Bonchev–Trinajstić information content (AvgIpc) is 2.86. The van der Waals surface area contributed by atoms with Crippen LogP contribution in [0, 0.1) is 5.41 Å². The highest BCUT2D eigenvalue weighted by Crippen LogP contribution is 2.38. The van der Waals surface area contributed by atoms with Gasteiger partial charge in [0.25, 0.3) is 5.91 Å². The minimum absolute atomic E-state index is 0.156. The first kappa shape index (κ1) is 30.4. The van der Waals surface area contributed by atoms with Crippen molar-refractivity contribution < 1.29 is 19.4 Å². The number of hydrogen-bond acceptors (Lipinski definition) is 5. The zero-order valence-electron chi connectivity index (χ0n) is 22.9. The summed E-state index contributed by atoms with van der Waals surface area (Å²) in [5.74, 6) is -0.932. The van der Waals surface area contributed by atoms with Crippen molar-refractivity contribution in [3.8, 4) is 28.1 Å². The predicted molar refractivity (Wildman–Crippen MR) is 157 cm³/mol. The molecule has 1 atom stereocenters. The summed E-state index contributed by atoms with van der Waals surface area (Å²) in [4.78, 5) is 31.5. The Morgan fingerprint density at radius 1 is 1.03 bits per heavy atom. The van der Waals surface area contributed by atoms with Gasteiger partial charge in [0.05, 0.1) is 23.7 Å². The normalized spacial score (nSPS) is 12.3. The van der Waals surface area contributed by atoms with E-state index in [1.165, 1.54) is 0 Å². The lowest BCUT2D eigenvalue weighted by Crippen LogP contribution is -2.45. The van der Waals surface area contributed by atoms with E-state index in [1.807, 2.05) is 65.2 Å². The maximum absolute atomic E-state index is 13.3. The highest BCUT2D eigenvalue weighted by atomic mass is 35.5. The van der Waals surface area contributed by atoms with E-state index in [1.54, 1.807) is 24.3 Å². The first-order chi connectivity index (χ1) is 18.4. The van der Waals surface area contributed by atoms with Crippen LogP contribution in [0.1, 0.15) is 44.1 Å². The number of carboxylic acids is 1. The van der Waals surface area contributed by atoms with Crippen LogP contribution in [0.25, 0.3) is 22.4 Å². The second kappa shape index (κ2) is 13.3. The first-order valence-electron chi connectivity index (χ1n) is 12.7. The first-order valence-corrected chi connectivity index (χ1v) is 13.5. The van der Waals surface area contributed by atoms with Crippen molar-refractivity contribution in [1.82, 2.24) is 15.2 Å². The van der Waals surface area contributed by atoms with Crippen molar-refractivity contribution in [2.75, 3.05) is 27.2 Å². The van der Waals surface area contributed by atoms with Crippen molar-refractivity contribution >= 4 is 35.1 Å². The van der Waals surface area contributed by atoms with Gasteiger partial charge < -0.3 is 20.1 Å². The molecular formula is C30H35Cl2N3O4. The SMILES string of the molecule is CN(C)CCCOc1cc(-c2nc(C(=O)N[C@@H](CC(=O)O)C(C)(C)C)ccc2-c2ccccc2Cl)ccc1Cl. The molecule has 1 heterocycles. The minimum Gasteiger partial charge on any atom is -0.492 e. The number of nitrogens with one attached hydrogen (secondary N) is 1. The minimum atomic E-state index is -0.989. The van der Waals surface area contributed by atoms with E-state index in [4.69, 9.17) is 32.9 Å². The number of aromatic nitrogens is 1. The lowest BCUT2D eigenvalue weighted by atomic mass is 9.84. The summed E-state index contributed by atoms with van der Waals surface area (Å²) >= 11 is 13.0. The fourth-order valence-corrected chi connectivity index (χ4v) is 4.42. The van der Waals surface area contributed by atoms with Crippen molar-refractivity contribution in [3.63, 3.8) is 0 Å². The monoisotopic (exact) mass is 571 g/mol. The molecule has 0 aliphatic heterocycles. The molecule has 0 unspecified atom stereocenters. The molecule has 0 bridgehead atoms. The molecule has 1 amide bonds. The maximum atomic E-state index is 13.3. The van der Waals surface area contributed by atoms with Crippen LogP contribution in [0.3, 0.4) is 0 Å². The summed E-state index contributed by atoms with van der Waals surface area (Å²) in [6.07, 6.45) is 0.628. The molecule has 2 aromatic carbocycles. The smallest absolute Gasteiger partial charge is 0.305 e. The van der Waals surface area contributed by atoms with Gasteiger partial charge in [-0.25, -0.2) is 4.98 Å². The number of hydrogen-bond donors (Lipinski definition) is 2. The molecule has 39 heavy (non-hydrogen) atoms. The Balaban J connectivity index is 2.04. The van der Waals surface area contributed by atoms with Crippen LogP contribution >= 0.6 is 23.2 Å². The molecule has 0 saturated heterocycles. The summed E-state index contributed by atoms with van der Waals surface area (Å²) in [7, 11) is 4.01. The van der Waals surface area contributed by atoms with Gasteiger partial charge in [-0.1, -0.05) is 68.2 Å². The van der Waals surface area contributed by atoms with E-state index in [0.717, 1.165) is 24.1 Å². The summed E-state index contributed by atoms with van der Waals surface area (Å²) in [6, 6.07) is 15.6. The third-order valence-corrected chi connectivity index (χ3v) is 6.88. The second-order valence-corrected chi connectivity index (χ2v) is 11.5. The highest BCUT2D eigenvalue weighted by Gasteiger charge is 2.29. The lowest BCUT2D eigenvalue weighted by Gasteiger charge is -2.30. The van der Waals surface area contributed by atoms with E-state index in [0.29, 0.717) is 33.7 Å². The van der Waals surface area contributed by atoms with Crippen molar-refractivity contribution in [2.24, 2.45) is 5.41 Å². The summed E-state index contributed by atoms with van der Waals surface area (Å²) in [5, 5.41) is 13.2. The third kappa shape index (κ3) is 8.43.